The molecule has 0 fully saturated rings. The molecule has 0 amide bonds. The highest BCUT2D eigenvalue weighted by Gasteiger charge is 2.07. The highest BCUT2D eigenvalue weighted by Crippen LogP contribution is 2.17. The Hall–Kier alpha value is -2.48. The smallest absolute Gasteiger partial charge is 0.328 e. The molecular weight excluding hydrogens is 297 g/mol. The van der Waals surface area contributed by atoms with E-state index in [4.69, 9.17) is 22.7 Å². The van der Waals surface area contributed by atoms with Gasteiger partial charge in [-0.15, -0.1) is 0 Å². The van der Waals surface area contributed by atoms with Gasteiger partial charge in [-0.25, -0.2) is 4.79 Å². The number of benzene rings is 1. The summed E-state index contributed by atoms with van der Waals surface area (Å²) in [6.45, 7) is 0.156. The molecular formula is C13H12FN3O3S. The average Bonchev–Trinajstić information content (AvgIpc) is 2.44. The van der Waals surface area contributed by atoms with Crippen LogP contribution in [0.5, 0.6) is 5.75 Å². The summed E-state index contributed by atoms with van der Waals surface area (Å²) in [6.07, 6.45) is 0.837. The van der Waals surface area contributed by atoms with Crippen molar-refractivity contribution in [2.45, 2.75) is 6.54 Å². The van der Waals surface area contributed by atoms with E-state index in [2.05, 4.69) is 0 Å². The van der Waals surface area contributed by atoms with E-state index in [1.807, 2.05) is 4.98 Å². The lowest BCUT2D eigenvalue weighted by atomic mass is 10.2. The minimum absolute atomic E-state index is 0.0677. The van der Waals surface area contributed by atoms with Gasteiger partial charge in [-0.2, -0.15) is 4.39 Å². The van der Waals surface area contributed by atoms with Gasteiger partial charge in [0, 0.05) is 0 Å². The number of aromatic amines is 1. The first-order valence-corrected chi connectivity index (χ1v) is 6.41. The van der Waals surface area contributed by atoms with E-state index in [0.29, 0.717) is 11.3 Å². The third-order valence-corrected chi connectivity index (χ3v) is 2.93. The van der Waals surface area contributed by atoms with Crippen molar-refractivity contribution >= 4 is 17.2 Å². The lowest BCUT2D eigenvalue weighted by Crippen LogP contribution is -2.32. The fourth-order valence-electron chi connectivity index (χ4n) is 1.70. The summed E-state index contributed by atoms with van der Waals surface area (Å²) in [4.78, 5) is 24.4. The van der Waals surface area contributed by atoms with Gasteiger partial charge in [0.1, 0.15) is 17.3 Å². The predicted molar refractivity (Wildman–Crippen MR) is 79.1 cm³/mol. The minimum Gasteiger partial charge on any atom is -0.491 e. The molecule has 0 aliphatic carbocycles. The molecule has 1 aromatic carbocycles. The minimum atomic E-state index is -1.05. The van der Waals surface area contributed by atoms with Gasteiger partial charge >= 0.3 is 5.69 Å². The average molecular weight is 309 g/mol. The molecule has 2 rings (SSSR count). The van der Waals surface area contributed by atoms with Crippen molar-refractivity contribution in [1.82, 2.24) is 9.55 Å². The zero-order valence-electron chi connectivity index (χ0n) is 10.8. The number of thiocarbonyl (C=S) groups is 1. The number of nitrogens with zero attached hydrogens (tertiary/aromatic N) is 1. The summed E-state index contributed by atoms with van der Waals surface area (Å²) in [6, 6.07) is 6.92. The highest BCUT2D eigenvalue weighted by atomic mass is 32.1. The number of H-pyrrole nitrogens is 1. The molecule has 21 heavy (non-hydrogen) atoms. The van der Waals surface area contributed by atoms with Gasteiger partial charge in [-0.1, -0.05) is 24.4 Å². The number of nitrogens with two attached hydrogens (primary N) is 1. The molecule has 0 saturated carbocycles. The van der Waals surface area contributed by atoms with Crippen LogP contribution in [0.2, 0.25) is 0 Å². The molecule has 6 nitrogen and oxygen atoms in total. The van der Waals surface area contributed by atoms with Crippen LogP contribution in [-0.2, 0) is 6.54 Å². The van der Waals surface area contributed by atoms with Crippen LogP contribution < -0.4 is 21.7 Å². The summed E-state index contributed by atoms with van der Waals surface area (Å²) in [5, 5.41) is 0. The van der Waals surface area contributed by atoms with Crippen LogP contribution in [-0.4, -0.2) is 21.1 Å². The van der Waals surface area contributed by atoms with Gasteiger partial charge in [0.25, 0.3) is 5.56 Å². The van der Waals surface area contributed by atoms with E-state index in [0.717, 1.165) is 10.8 Å². The van der Waals surface area contributed by atoms with Crippen LogP contribution in [0.1, 0.15) is 5.56 Å². The third kappa shape index (κ3) is 3.54. The second kappa shape index (κ2) is 6.31. The van der Waals surface area contributed by atoms with Crippen molar-refractivity contribution in [2.75, 3.05) is 6.61 Å². The first-order chi connectivity index (χ1) is 9.99. The Bertz CT molecular complexity index is 785. The van der Waals surface area contributed by atoms with Gasteiger partial charge in [0.15, 0.2) is 0 Å². The molecule has 0 aliphatic rings. The van der Waals surface area contributed by atoms with E-state index in [-0.39, 0.29) is 18.1 Å². The number of para-hydroxylation sites is 1. The Morgan fingerprint density at radius 1 is 1.38 bits per heavy atom. The Morgan fingerprint density at radius 3 is 2.81 bits per heavy atom. The van der Waals surface area contributed by atoms with Crippen LogP contribution in [0.4, 0.5) is 4.39 Å². The van der Waals surface area contributed by atoms with Gasteiger partial charge in [-0.05, 0) is 12.1 Å². The maximum absolute atomic E-state index is 13.1. The van der Waals surface area contributed by atoms with Crippen LogP contribution >= 0.6 is 12.2 Å². The predicted octanol–water partition coefficient (Wildman–Crippen LogP) is 0.389. The fraction of sp³-hybridized carbons (Fsp3) is 0.154. The molecule has 3 N–H and O–H groups in total. The van der Waals surface area contributed by atoms with E-state index in [1.54, 1.807) is 24.3 Å². The van der Waals surface area contributed by atoms with E-state index in [9.17, 15) is 14.0 Å². The lowest BCUT2D eigenvalue weighted by molar-refractivity contribution is 0.293. The standard InChI is InChI=1S/C13H12FN3O3S/c14-9-7-17(13(19)16-12(9)18)5-6-20-10-4-2-1-3-8(10)11(15)21/h1-4,7H,5-6H2,(H2,15,21)(H,16,18,19). The number of nitrogens with one attached hydrogen (secondary N) is 1. The Morgan fingerprint density at radius 2 is 2.10 bits per heavy atom. The molecule has 2 aromatic rings. The maximum atomic E-state index is 13.1. The van der Waals surface area contributed by atoms with Crippen LogP contribution in [0.3, 0.4) is 0 Å². The van der Waals surface area contributed by atoms with Gasteiger partial charge in [-0.3, -0.25) is 14.3 Å². The summed E-state index contributed by atoms with van der Waals surface area (Å²) < 4.78 is 19.6. The molecule has 0 saturated heterocycles. The van der Waals surface area contributed by atoms with Crippen molar-refractivity contribution in [2.24, 2.45) is 5.73 Å². The molecule has 0 aliphatic heterocycles. The molecule has 8 heteroatoms. The molecule has 0 bridgehead atoms. The molecule has 0 unspecified atom stereocenters. The Kier molecular flexibility index (Phi) is 4.49. The topological polar surface area (TPSA) is 90.1 Å². The summed E-state index contributed by atoms with van der Waals surface area (Å²) >= 11 is 4.90. The molecule has 0 spiro atoms. The second-order valence-corrected chi connectivity index (χ2v) is 4.58. The van der Waals surface area contributed by atoms with Gasteiger partial charge in [0.2, 0.25) is 5.82 Å². The summed E-state index contributed by atoms with van der Waals surface area (Å²) in [5.41, 5.74) is 4.39. The number of hydrogen-bond donors (Lipinski definition) is 2. The van der Waals surface area contributed by atoms with Crippen LogP contribution in [0.15, 0.2) is 40.1 Å². The van der Waals surface area contributed by atoms with E-state index >= 15 is 0 Å². The summed E-state index contributed by atoms with van der Waals surface area (Å²) in [5.74, 6) is -0.555. The molecule has 0 radical (unpaired) electrons. The number of halogens is 1. The van der Waals surface area contributed by atoms with Gasteiger partial charge in [0.05, 0.1) is 18.3 Å². The molecule has 1 heterocycles. The SMILES string of the molecule is NC(=S)c1ccccc1OCCn1cc(F)c(=O)[nH]c1=O. The van der Waals surface area contributed by atoms with Crippen molar-refractivity contribution in [1.29, 1.82) is 0 Å². The highest BCUT2D eigenvalue weighted by molar-refractivity contribution is 7.80. The molecule has 110 valence electrons. The maximum Gasteiger partial charge on any atom is 0.328 e. The quantitative estimate of drug-likeness (QED) is 0.780. The number of rotatable bonds is 5. The van der Waals surface area contributed by atoms with Crippen LogP contribution in [0, 0.1) is 5.82 Å². The van der Waals surface area contributed by atoms with E-state index < -0.39 is 17.1 Å². The summed E-state index contributed by atoms with van der Waals surface area (Å²) in [7, 11) is 0. The Labute approximate surface area is 124 Å². The van der Waals surface area contributed by atoms with E-state index in [1.165, 1.54) is 0 Å². The first-order valence-electron chi connectivity index (χ1n) is 6.00. The molecule has 0 atom stereocenters. The monoisotopic (exact) mass is 309 g/mol. The van der Waals surface area contributed by atoms with Crippen molar-refractivity contribution in [3.63, 3.8) is 0 Å². The number of aromatic nitrogens is 2. The zero-order valence-corrected chi connectivity index (χ0v) is 11.7. The second-order valence-electron chi connectivity index (χ2n) is 4.14. The lowest BCUT2D eigenvalue weighted by Gasteiger charge is -2.11. The van der Waals surface area contributed by atoms with Gasteiger partial charge < -0.3 is 10.5 Å². The molecule has 1 aromatic heterocycles. The van der Waals surface area contributed by atoms with Crippen LogP contribution in [0.25, 0.3) is 0 Å². The van der Waals surface area contributed by atoms with Crippen molar-refractivity contribution in [3.8, 4) is 5.75 Å². The van der Waals surface area contributed by atoms with Crippen molar-refractivity contribution < 1.29 is 9.13 Å². The largest absolute Gasteiger partial charge is 0.491 e. The number of hydrogen-bond acceptors (Lipinski definition) is 4. The fourth-order valence-corrected chi connectivity index (χ4v) is 1.87. The van der Waals surface area contributed by atoms with Crippen molar-refractivity contribution in [3.05, 3.63) is 62.7 Å². The zero-order chi connectivity index (χ0) is 15.4. The Balaban J connectivity index is 2.09. The number of ether oxygens (including phenoxy) is 1. The first kappa shape index (κ1) is 14.9. The normalized spacial score (nSPS) is 10.3. The third-order valence-electron chi connectivity index (χ3n) is 2.71.